The molecule has 6 heteroatoms. The zero-order chi connectivity index (χ0) is 14.5. The normalized spacial score (nSPS) is 10.1. The van der Waals surface area contributed by atoms with Crippen LogP contribution in [0.4, 0.5) is 5.69 Å². The van der Waals surface area contributed by atoms with Crippen molar-refractivity contribution in [3.63, 3.8) is 0 Å². The second-order valence-electron chi connectivity index (χ2n) is 4.25. The maximum Gasteiger partial charge on any atom is 0.309 e. The summed E-state index contributed by atoms with van der Waals surface area (Å²) in [4.78, 5) is 30.5. The Hall–Kier alpha value is -2.76. The fraction of sp³-hybridized carbons (Fsp3) is 0.143. The van der Waals surface area contributed by atoms with Gasteiger partial charge in [-0.3, -0.25) is 19.6 Å². The summed E-state index contributed by atoms with van der Waals surface area (Å²) in [6, 6.07) is 6.62. The third kappa shape index (κ3) is 3.61. The van der Waals surface area contributed by atoms with Crippen molar-refractivity contribution in [3.05, 3.63) is 53.6 Å². The van der Waals surface area contributed by atoms with Crippen LogP contribution in [-0.2, 0) is 11.2 Å². The molecule has 2 heterocycles. The molecule has 0 spiro atoms. The smallest absolute Gasteiger partial charge is 0.309 e. The van der Waals surface area contributed by atoms with Gasteiger partial charge in [-0.15, -0.1) is 0 Å². The Kier molecular flexibility index (Phi) is 4.05. The van der Waals surface area contributed by atoms with Gasteiger partial charge in [0, 0.05) is 11.9 Å². The molecule has 1 amide bonds. The first-order chi connectivity index (χ1) is 9.54. The maximum absolute atomic E-state index is 11.9. The number of hydrogen-bond acceptors (Lipinski definition) is 4. The van der Waals surface area contributed by atoms with E-state index in [9.17, 15) is 9.59 Å². The molecule has 0 aromatic carbocycles. The van der Waals surface area contributed by atoms with E-state index in [0.717, 1.165) is 5.69 Å². The lowest BCUT2D eigenvalue weighted by Crippen LogP contribution is -2.12. The number of amides is 1. The van der Waals surface area contributed by atoms with Gasteiger partial charge in [0.05, 0.1) is 29.6 Å². The van der Waals surface area contributed by atoms with Crippen LogP contribution in [0.5, 0.6) is 0 Å². The average molecular weight is 271 g/mol. The van der Waals surface area contributed by atoms with Gasteiger partial charge >= 0.3 is 5.97 Å². The monoisotopic (exact) mass is 271 g/mol. The number of aliphatic carboxylic acids is 1. The van der Waals surface area contributed by atoms with E-state index in [2.05, 4.69) is 15.3 Å². The molecule has 2 aromatic heterocycles. The molecule has 6 nitrogen and oxygen atoms in total. The predicted molar refractivity (Wildman–Crippen MR) is 72.5 cm³/mol. The predicted octanol–water partition coefficient (Wildman–Crippen LogP) is 1.66. The van der Waals surface area contributed by atoms with Crippen LogP contribution >= 0.6 is 0 Å². The first kappa shape index (κ1) is 13.7. The minimum atomic E-state index is -0.944. The molecule has 0 aliphatic carbocycles. The second kappa shape index (κ2) is 5.92. The molecule has 20 heavy (non-hydrogen) atoms. The number of pyridine rings is 2. The maximum atomic E-state index is 11.9. The Morgan fingerprint density at radius 3 is 2.50 bits per heavy atom. The quantitative estimate of drug-likeness (QED) is 0.882. The number of anilines is 1. The average Bonchev–Trinajstić information content (AvgIpc) is 2.41. The Morgan fingerprint density at radius 2 is 1.95 bits per heavy atom. The number of aryl methyl sites for hydroxylation is 1. The number of aromatic nitrogens is 2. The van der Waals surface area contributed by atoms with Crippen LogP contribution in [0.2, 0.25) is 0 Å². The topological polar surface area (TPSA) is 92.2 Å². The third-order valence-corrected chi connectivity index (χ3v) is 2.59. The van der Waals surface area contributed by atoms with Crippen LogP contribution < -0.4 is 5.32 Å². The number of nitrogens with zero attached hydrogens (tertiary/aromatic N) is 2. The van der Waals surface area contributed by atoms with Crippen molar-refractivity contribution in [3.8, 4) is 0 Å². The fourth-order valence-electron chi connectivity index (χ4n) is 1.56. The van der Waals surface area contributed by atoms with E-state index < -0.39 is 5.97 Å². The van der Waals surface area contributed by atoms with Crippen molar-refractivity contribution in [2.45, 2.75) is 13.3 Å². The number of carboxylic acids is 1. The van der Waals surface area contributed by atoms with Gasteiger partial charge < -0.3 is 10.4 Å². The minimum absolute atomic E-state index is 0.143. The standard InChI is InChI=1S/C14H13N3O3/c1-9-2-3-10(7-15-9)14(20)17-12-5-4-11(16-8-12)6-13(18)19/h2-5,7-8H,6H2,1H3,(H,17,20)(H,18,19). The molecule has 0 bridgehead atoms. The Morgan fingerprint density at radius 1 is 1.15 bits per heavy atom. The van der Waals surface area contributed by atoms with Crippen LogP contribution in [0.15, 0.2) is 36.7 Å². The summed E-state index contributed by atoms with van der Waals surface area (Å²) < 4.78 is 0. The molecule has 0 unspecified atom stereocenters. The van der Waals surface area contributed by atoms with Crippen LogP contribution in [0.1, 0.15) is 21.7 Å². The molecule has 0 aliphatic heterocycles. The van der Waals surface area contributed by atoms with Crippen molar-refractivity contribution < 1.29 is 14.7 Å². The number of carbonyl (C=O) groups is 2. The number of carboxylic acid groups (broad SMARTS) is 1. The van der Waals surface area contributed by atoms with E-state index in [1.54, 1.807) is 24.3 Å². The molecule has 2 N–H and O–H groups in total. The SMILES string of the molecule is Cc1ccc(C(=O)Nc2ccc(CC(=O)O)nc2)cn1. The van der Waals surface area contributed by atoms with Gasteiger partial charge in [0.2, 0.25) is 0 Å². The van der Waals surface area contributed by atoms with Gasteiger partial charge in [-0.2, -0.15) is 0 Å². The van der Waals surface area contributed by atoms with Crippen LogP contribution in [-0.4, -0.2) is 27.0 Å². The summed E-state index contributed by atoms with van der Waals surface area (Å²) >= 11 is 0. The van der Waals surface area contributed by atoms with Crippen molar-refractivity contribution in [1.29, 1.82) is 0 Å². The third-order valence-electron chi connectivity index (χ3n) is 2.59. The highest BCUT2D eigenvalue weighted by molar-refractivity contribution is 6.03. The molecule has 0 fully saturated rings. The highest BCUT2D eigenvalue weighted by Gasteiger charge is 2.07. The van der Waals surface area contributed by atoms with Crippen molar-refractivity contribution in [2.75, 3.05) is 5.32 Å². The lowest BCUT2D eigenvalue weighted by Gasteiger charge is -2.05. The molecule has 0 aliphatic rings. The van der Waals surface area contributed by atoms with Gasteiger partial charge in [-0.05, 0) is 31.2 Å². The number of hydrogen-bond donors (Lipinski definition) is 2. The first-order valence-corrected chi connectivity index (χ1v) is 5.95. The Bertz CT molecular complexity index is 621. The Labute approximate surface area is 115 Å². The summed E-state index contributed by atoms with van der Waals surface area (Å²) in [5, 5.41) is 11.3. The minimum Gasteiger partial charge on any atom is -0.481 e. The van der Waals surface area contributed by atoms with Gasteiger partial charge in [0.25, 0.3) is 5.91 Å². The second-order valence-corrected chi connectivity index (χ2v) is 4.25. The number of rotatable bonds is 4. The zero-order valence-corrected chi connectivity index (χ0v) is 10.8. The molecular weight excluding hydrogens is 258 g/mol. The van der Waals surface area contributed by atoms with E-state index >= 15 is 0 Å². The van der Waals surface area contributed by atoms with Gasteiger partial charge in [0.15, 0.2) is 0 Å². The van der Waals surface area contributed by atoms with Crippen LogP contribution in [0, 0.1) is 6.92 Å². The van der Waals surface area contributed by atoms with E-state index in [4.69, 9.17) is 5.11 Å². The van der Waals surface area contributed by atoms with Gasteiger partial charge in [-0.1, -0.05) is 0 Å². The number of carbonyl (C=O) groups excluding carboxylic acids is 1. The molecule has 0 radical (unpaired) electrons. The lowest BCUT2D eigenvalue weighted by atomic mass is 10.2. The van der Waals surface area contributed by atoms with Crippen molar-refractivity contribution in [1.82, 2.24) is 9.97 Å². The van der Waals surface area contributed by atoms with Gasteiger partial charge in [-0.25, -0.2) is 0 Å². The molecule has 2 rings (SSSR count). The highest BCUT2D eigenvalue weighted by atomic mass is 16.4. The number of nitrogens with one attached hydrogen (secondary N) is 1. The van der Waals surface area contributed by atoms with Crippen molar-refractivity contribution in [2.24, 2.45) is 0 Å². The molecule has 102 valence electrons. The molecule has 0 atom stereocenters. The molecule has 2 aromatic rings. The fourth-order valence-corrected chi connectivity index (χ4v) is 1.56. The summed E-state index contributed by atoms with van der Waals surface area (Å²) in [5.74, 6) is -1.23. The van der Waals surface area contributed by atoms with Crippen LogP contribution in [0.3, 0.4) is 0 Å². The zero-order valence-electron chi connectivity index (χ0n) is 10.8. The summed E-state index contributed by atoms with van der Waals surface area (Å²) in [5.41, 5.74) is 2.23. The highest BCUT2D eigenvalue weighted by Crippen LogP contribution is 2.09. The summed E-state index contributed by atoms with van der Waals surface area (Å²) in [6.45, 7) is 1.84. The summed E-state index contributed by atoms with van der Waals surface area (Å²) in [6.07, 6.45) is 2.78. The lowest BCUT2D eigenvalue weighted by molar-refractivity contribution is -0.136. The van der Waals surface area contributed by atoms with E-state index in [1.165, 1.54) is 12.4 Å². The van der Waals surface area contributed by atoms with Crippen LogP contribution in [0.25, 0.3) is 0 Å². The largest absolute Gasteiger partial charge is 0.481 e. The van der Waals surface area contributed by atoms with Gasteiger partial charge in [0.1, 0.15) is 0 Å². The van der Waals surface area contributed by atoms with E-state index in [0.29, 0.717) is 16.9 Å². The first-order valence-electron chi connectivity index (χ1n) is 5.95. The van der Waals surface area contributed by atoms with E-state index in [-0.39, 0.29) is 12.3 Å². The molecular formula is C14H13N3O3. The van der Waals surface area contributed by atoms with Crippen molar-refractivity contribution >= 4 is 17.6 Å². The molecule has 0 saturated heterocycles. The molecule has 0 saturated carbocycles. The summed E-state index contributed by atoms with van der Waals surface area (Å²) in [7, 11) is 0. The Balaban J connectivity index is 2.04. The van der Waals surface area contributed by atoms with E-state index in [1.807, 2.05) is 6.92 Å².